The van der Waals surface area contributed by atoms with Crippen molar-refractivity contribution in [3.8, 4) is 11.1 Å². The molecule has 3 aromatic carbocycles. The highest BCUT2D eigenvalue weighted by Gasteiger charge is 2.17. The first-order valence-corrected chi connectivity index (χ1v) is 11.8. The van der Waals surface area contributed by atoms with Gasteiger partial charge in [-0.2, -0.15) is 0 Å². The Kier molecular flexibility index (Phi) is 5.64. The van der Waals surface area contributed by atoms with E-state index in [2.05, 4.69) is 17.4 Å². The predicted molar refractivity (Wildman–Crippen MR) is 130 cm³/mol. The molecule has 1 aliphatic heterocycles. The zero-order chi connectivity index (χ0) is 21.2. The molecule has 6 heteroatoms. The maximum atomic E-state index is 12.6. The van der Waals surface area contributed by atoms with Gasteiger partial charge in [0.05, 0.1) is 12.2 Å². The third kappa shape index (κ3) is 4.30. The number of benzene rings is 3. The lowest BCUT2D eigenvalue weighted by Gasteiger charge is -2.10. The second-order valence-corrected chi connectivity index (χ2v) is 9.58. The molecule has 152 valence electrons. The zero-order valence-corrected chi connectivity index (χ0v) is 18.7. The Bertz CT molecular complexity index is 1300. The van der Waals surface area contributed by atoms with E-state index in [0.29, 0.717) is 17.1 Å². The van der Waals surface area contributed by atoms with Crippen molar-refractivity contribution in [3.63, 3.8) is 0 Å². The number of nitrogens with one attached hydrogen (secondary N) is 1. The molecular weight excluding hydrogens is 444 g/mol. The second kappa shape index (κ2) is 8.71. The van der Waals surface area contributed by atoms with Gasteiger partial charge in [0.25, 0.3) is 5.91 Å². The molecule has 0 aliphatic carbocycles. The van der Waals surface area contributed by atoms with E-state index in [1.165, 1.54) is 0 Å². The van der Waals surface area contributed by atoms with E-state index >= 15 is 0 Å². The molecule has 3 nitrogen and oxygen atoms in total. The first kappa shape index (κ1) is 20.1. The number of fused-ring (bicyclic) bond motifs is 2. The van der Waals surface area contributed by atoms with Gasteiger partial charge in [0.15, 0.2) is 0 Å². The summed E-state index contributed by atoms with van der Waals surface area (Å²) in [6.07, 6.45) is 1.89. The number of hydrogen-bond donors (Lipinski definition) is 1. The first-order chi connectivity index (χ1) is 15.2. The van der Waals surface area contributed by atoms with Crippen LogP contribution in [0, 0.1) is 0 Å². The van der Waals surface area contributed by atoms with E-state index in [1.807, 2.05) is 72.3 Å². The highest BCUT2D eigenvalue weighted by Crippen LogP contribution is 2.42. The molecule has 0 saturated heterocycles. The number of rotatable bonds is 4. The average molecular weight is 461 g/mol. The fourth-order valence-corrected chi connectivity index (χ4v) is 5.30. The monoisotopic (exact) mass is 460 g/mol. The fourth-order valence-electron chi connectivity index (χ4n) is 3.45. The predicted octanol–water partition coefficient (Wildman–Crippen LogP) is 7.21. The molecule has 1 amide bonds. The summed E-state index contributed by atoms with van der Waals surface area (Å²) < 4.78 is 0. The minimum atomic E-state index is -0.0993. The van der Waals surface area contributed by atoms with E-state index in [0.717, 1.165) is 37.0 Å². The van der Waals surface area contributed by atoms with Gasteiger partial charge in [-0.05, 0) is 59.0 Å². The summed E-state index contributed by atoms with van der Waals surface area (Å²) in [5.74, 6) is -0.0993. The molecule has 0 saturated carbocycles. The lowest BCUT2D eigenvalue weighted by Crippen LogP contribution is -2.22. The molecule has 1 aliphatic rings. The van der Waals surface area contributed by atoms with E-state index in [-0.39, 0.29) is 5.91 Å². The number of carbonyl (C=O) groups excluding carboxylic acids is 1. The highest BCUT2D eigenvalue weighted by molar-refractivity contribution is 7.99. The Labute approximate surface area is 193 Å². The van der Waals surface area contributed by atoms with E-state index in [9.17, 15) is 4.79 Å². The van der Waals surface area contributed by atoms with Gasteiger partial charge in [-0.25, -0.2) is 0 Å². The van der Waals surface area contributed by atoms with Crippen molar-refractivity contribution in [2.45, 2.75) is 16.3 Å². The minimum Gasteiger partial charge on any atom is -0.347 e. The normalized spacial score (nSPS) is 12.0. The quantitative estimate of drug-likeness (QED) is 0.307. The van der Waals surface area contributed by atoms with Crippen molar-refractivity contribution in [1.29, 1.82) is 0 Å². The van der Waals surface area contributed by atoms with Crippen molar-refractivity contribution in [2.24, 2.45) is 4.99 Å². The first-order valence-electron chi connectivity index (χ1n) is 9.73. The van der Waals surface area contributed by atoms with Crippen LogP contribution in [0.15, 0.2) is 93.0 Å². The van der Waals surface area contributed by atoms with Crippen molar-refractivity contribution in [1.82, 2.24) is 5.32 Å². The number of aliphatic imine (C=N–C) groups is 1. The van der Waals surface area contributed by atoms with Crippen LogP contribution in [-0.4, -0.2) is 12.1 Å². The standard InChI is InChI=1S/C25H17ClN2OS2/c26-18-5-1-4-16(12-18)20-7-2-8-23-21(20)15-27-22-13-17(9-10-24(22)31-23)25(29)28-14-19-6-3-11-30-19/h1-13,15H,14H2,(H,28,29). The van der Waals surface area contributed by atoms with Gasteiger partial charge >= 0.3 is 0 Å². The highest BCUT2D eigenvalue weighted by atomic mass is 35.5. The fraction of sp³-hybridized carbons (Fsp3) is 0.0400. The topological polar surface area (TPSA) is 41.5 Å². The Hall–Kier alpha value is -2.86. The average Bonchev–Trinajstić information content (AvgIpc) is 3.23. The van der Waals surface area contributed by atoms with Crippen molar-refractivity contribution >= 4 is 52.5 Å². The van der Waals surface area contributed by atoms with Crippen LogP contribution in [0.4, 0.5) is 5.69 Å². The van der Waals surface area contributed by atoms with Gasteiger partial charge in [0, 0.05) is 37.0 Å². The van der Waals surface area contributed by atoms with E-state index in [1.54, 1.807) is 23.1 Å². The summed E-state index contributed by atoms with van der Waals surface area (Å²) in [6.45, 7) is 0.528. The number of halogens is 1. The molecule has 0 unspecified atom stereocenters. The summed E-state index contributed by atoms with van der Waals surface area (Å²) >= 11 is 9.50. The molecular formula is C25H17ClN2OS2. The maximum absolute atomic E-state index is 12.6. The van der Waals surface area contributed by atoms with Crippen LogP contribution < -0.4 is 5.32 Å². The summed E-state index contributed by atoms with van der Waals surface area (Å²) in [5, 5.41) is 5.69. The Morgan fingerprint density at radius 3 is 2.71 bits per heavy atom. The van der Waals surface area contributed by atoms with E-state index < -0.39 is 0 Å². The van der Waals surface area contributed by atoms with Gasteiger partial charge in [-0.3, -0.25) is 9.79 Å². The summed E-state index contributed by atoms with van der Waals surface area (Å²) in [7, 11) is 0. The molecule has 0 atom stereocenters. The largest absolute Gasteiger partial charge is 0.347 e. The SMILES string of the molecule is O=C(NCc1cccs1)c1ccc2c(c1)N=Cc1c(cccc1-c1cccc(Cl)c1)S2. The Morgan fingerprint density at radius 1 is 0.968 bits per heavy atom. The molecule has 0 bridgehead atoms. The third-order valence-corrected chi connectivity index (χ3v) is 7.23. The molecule has 2 heterocycles. The minimum absolute atomic E-state index is 0.0993. The van der Waals surface area contributed by atoms with Crippen molar-refractivity contribution < 1.29 is 4.79 Å². The van der Waals surface area contributed by atoms with Crippen molar-refractivity contribution in [2.75, 3.05) is 0 Å². The number of thiophene rings is 1. The van der Waals surface area contributed by atoms with Crippen molar-refractivity contribution in [3.05, 3.63) is 99.2 Å². The van der Waals surface area contributed by atoms with Gasteiger partial charge in [-0.1, -0.05) is 53.7 Å². The lowest BCUT2D eigenvalue weighted by molar-refractivity contribution is 0.0951. The second-order valence-electron chi connectivity index (χ2n) is 7.03. The molecule has 31 heavy (non-hydrogen) atoms. The van der Waals surface area contributed by atoms with Gasteiger partial charge in [0.2, 0.25) is 0 Å². The summed E-state index contributed by atoms with van der Waals surface area (Å²) in [5.41, 5.74) is 4.58. The number of nitrogens with zero attached hydrogens (tertiary/aromatic N) is 1. The summed E-state index contributed by atoms with van der Waals surface area (Å²) in [4.78, 5) is 20.6. The molecule has 5 rings (SSSR count). The zero-order valence-electron chi connectivity index (χ0n) is 16.3. The third-order valence-electron chi connectivity index (χ3n) is 4.98. The van der Waals surface area contributed by atoms with Gasteiger partial charge in [0.1, 0.15) is 0 Å². The van der Waals surface area contributed by atoms with Gasteiger partial charge in [-0.15, -0.1) is 11.3 Å². The number of carbonyl (C=O) groups is 1. The van der Waals surface area contributed by atoms with E-state index in [4.69, 9.17) is 16.6 Å². The molecule has 0 spiro atoms. The summed E-state index contributed by atoms with van der Waals surface area (Å²) in [6, 6.07) is 23.7. The Morgan fingerprint density at radius 2 is 1.87 bits per heavy atom. The maximum Gasteiger partial charge on any atom is 0.251 e. The molecule has 0 fully saturated rings. The van der Waals surface area contributed by atoms with Crippen LogP contribution in [0.3, 0.4) is 0 Å². The van der Waals surface area contributed by atoms with Crippen LogP contribution in [0.1, 0.15) is 20.8 Å². The molecule has 1 aromatic heterocycles. The number of hydrogen-bond acceptors (Lipinski definition) is 4. The van der Waals surface area contributed by atoms with Crippen LogP contribution in [0.5, 0.6) is 0 Å². The Balaban J connectivity index is 1.45. The van der Waals surface area contributed by atoms with Crippen LogP contribution in [-0.2, 0) is 6.54 Å². The molecule has 0 radical (unpaired) electrons. The molecule has 1 N–H and O–H groups in total. The van der Waals surface area contributed by atoms with Gasteiger partial charge < -0.3 is 5.32 Å². The lowest BCUT2D eigenvalue weighted by atomic mass is 10.0. The smallest absolute Gasteiger partial charge is 0.251 e. The van der Waals surface area contributed by atoms with Crippen LogP contribution in [0.2, 0.25) is 5.02 Å². The van der Waals surface area contributed by atoms with Crippen LogP contribution >= 0.6 is 34.7 Å². The molecule has 4 aromatic rings. The number of amides is 1. The van der Waals surface area contributed by atoms with Crippen LogP contribution in [0.25, 0.3) is 11.1 Å².